The van der Waals surface area contributed by atoms with Gasteiger partial charge in [-0.3, -0.25) is 4.79 Å². The van der Waals surface area contributed by atoms with Gasteiger partial charge in [0.15, 0.2) is 0 Å². The van der Waals surface area contributed by atoms with E-state index < -0.39 is 34.6 Å². The lowest BCUT2D eigenvalue weighted by Gasteiger charge is -2.07. The number of carboxylic acids is 1. The molecule has 6 nitrogen and oxygen atoms in total. The summed E-state index contributed by atoms with van der Waals surface area (Å²) in [4.78, 5) is 22.1. The van der Waals surface area contributed by atoms with Crippen molar-refractivity contribution in [2.45, 2.75) is 0 Å². The number of rotatable bonds is 3. The van der Waals surface area contributed by atoms with Gasteiger partial charge < -0.3 is 10.2 Å². The molecule has 0 spiro atoms. The molecule has 0 aliphatic heterocycles. The molecular weight excluding hydrogens is 286 g/mol. The van der Waals surface area contributed by atoms with E-state index in [4.69, 9.17) is 5.11 Å². The fourth-order valence-electron chi connectivity index (χ4n) is 1.55. The number of carbonyl (C=O) groups is 1. The molecule has 2 aromatic rings. The number of carboxylic acid groups (broad SMARTS) is 1. The highest BCUT2D eigenvalue weighted by atomic mass is 19.1. The van der Waals surface area contributed by atoms with Crippen LogP contribution in [0.15, 0.2) is 35.1 Å². The van der Waals surface area contributed by atoms with Crippen molar-refractivity contribution in [1.82, 2.24) is 9.78 Å². The third-order valence-electron chi connectivity index (χ3n) is 2.46. The number of benzene rings is 1. The topological polar surface area (TPSA) is 92.4 Å². The summed E-state index contributed by atoms with van der Waals surface area (Å²) in [6, 6.07) is 3.16. The first-order valence-corrected chi connectivity index (χ1v) is 5.58. The molecule has 2 N–H and O–H groups in total. The maximum absolute atomic E-state index is 13.6. The second kappa shape index (κ2) is 5.53. The van der Waals surface area contributed by atoms with E-state index in [1.807, 2.05) is 0 Å². The standard InChI is InChI=1S/C13H8F2N2O4/c14-7-1-2-8(15)10(5-7)17-12(19)6-11(18)9(16-17)3-4-13(20)21/h1-6,18H,(H,20,21)/b4-3+. The SMILES string of the molecule is O=C(O)/C=C/c1nn(-c2cc(F)ccc2F)c(=O)cc1O. The van der Waals surface area contributed by atoms with Crippen LogP contribution in [0.1, 0.15) is 5.69 Å². The van der Waals surface area contributed by atoms with Crippen LogP contribution in [0.4, 0.5) is 8.78 Å². The van der Waals surface area contributed by atoms with Gasteiger partial charge in [-0.25, -0.2) is 13.6 Å². The van der Waals surface area contributed by atoms with Crippen LogP contribution in [-0.2, 0) is 4.79 Å². The van der Waals surface area contributed by atoms with Gasteiger partial charge in [0, 0.05) is 18.2 Å². The summed E-state index contributed by atoms with van der Waals surface area (Å²) in [6.07, 6.45) is 1.60. The second-order valence-electron chi connectivity index (χ2n) is 3.93. The third-order valence-corrected chi connectivity index (χ3v) is 2.46. The lowest BCUT2D eigenvalue weighted by atomic mass is 10.3. The normalized spacial score (nSPS) is 11.0. The summed E-state index contributed by atoms with van der Waals surface area (Å²) >= 11 is 0. The van der Waals surface area contributed by atoms with Gasteiger partial charge in [-0.15, -0.1) is 0 Å². The van der Waals surface area contributed by atoms with Crippen molar-refractivity contribution >= 4 is 12.0 Å². The Labute approximate surface area is 116 Å². The maximum atomic E-state index is 13.6. The Hall–Kier alpha value is -3.03. The molecule has 0 fully saturated rings. The van der Waals surface area contributed by atoms with Crippen LogP contribution in [0, 0.1) is 11.6 Å². The largest absolute Gasteiger partial charge is 0.505 e. The summed E-state index contributed by atoms with van der Waals surface area (Å²) in [5.74, 6) is -3.56. The second-order valence-corrected chi connectivity index (χ2v) is 3.93. The van der Waals surface area contributed by atoms with E-state index in [1.54, 1.807) is 0 Å². The Morgan fingerprint density at radius 2 is 2.00 bits per heavy atom. The van der Waals surface area contributed by atoms with E-state index in [1.165, 1.54) is 0 Å². The molecule has 0 aliphatic rings. The van der Waals surface area contributed by atoms with Gasteiger partial charge >= 0.3 is 5.97 Å². The number of aromatic nitrogens is 2. The molecule has 21 heavy (non-hydrogen) atoms. The summed E-state index contributed by atoms with van der Waals surface area (Å²) in [5, 5.41) is 21.6. The molecule has 0 saturated heterocycles. The first-order valence-electron chi connectivity index (χ1n) is 5.58. The highest BCUT2D eigenvalue weighted by Gasteiger charge is 2.12. The lowest BCUT2D eigenvalue weighted by Crippen LogP contribution is -2.22. The fraction of sp³-hybridized carbons (Fsp3) is 0. The minimum Gasteiger partial charge on any atom is -0.505 e. The summed E-state index contributed by atoms with van der Waals surface area (Å²) in [6.45, 7) is 0. The molecule has 108 valence electrons. The first-order chi connectivity index (χ1) is 9.88. The maximum Gasteiger partial charge on any atom is 0.328 e. The average Bonchev–Trinajstić information content (AvgIpc) is 2.41. The van der Waals surface area contributed by atoms with Crippen molar-refractivity contribution in [3.8, 4) is 11.4 Å². The van der Waals surface area contributed by atoms with Gasteiger partial charge in [0.25, 0.3) is 5.56 Å². The summed E-state index contributed by atoms with van der Waals surface area (Å²) < 4.78 is 27.3. The van der Waals surface area contributed by atoms with E-state index in [0.29, 0.717) is 10.8 Å². The molecule has 2 rings (SSSR count). The van der Waals surface area contributed by atoms with Crippen LogP contribution < -0.4 is 5.56 Å². The number of hydrogen-bond acceptors (Lipinski definition) is 4. The first kappa shape index (κ1) is 14.4. The van der Waals surface area contributed by atoms with Crippen molar-refractivity contribution in [3.05, 3.63) is 58.0 Å². The van der Waals surface area contributed by atoms with E-state index in [-0.39, 0.29) is 5.69 Å². The number of halogens is 2. The minimum absolute atomic E-state index is 0.277. The van der Waals surface area contributed by atoms with E-state index in [2.05, 4.69) is 5.10 Å². The highest BCUT2D eigenvalue weighted by molar-refractivity contribution is 5.85. The molecule has 8 heteroatoms. The average molecular weight is 294 g/mol. The molecule has 0 aliphatic carbocycles. The Morgan fingerprint density at radius 3 is 2.67 bits per heavy atom. The van der Waals surface area contributed by atoms with Crippen LogP contribution >= 0.6 is 0 Å². The number of hydrogen-bond donors (Lipinski definition) is 2. The van der Waals surface area contributed by atoms with Gasteiger partial charge in [0.2, 0.25) is 0 Å². The summed E-state index contributed by atoms with van der Waals surface area (Å²) in [7, 11) is 0. The van der Waals surface area contributed by atoms with Crippen LogP contribution in [0.3, 0.4) is 0 Å². The Bertz CT molecular complexity index is 799. The minimum atomic E-state index is -1.30. The quantitative estimate of drug-likeness (QED) is 0.833. The number of aromatic hydroxyl groups is 1. The highest BCUT2D eigenvalue weighted by Crippen LogP contribution is 2.16. The van der Waals surface area contributed by atoms with Crippen LogP contribution in [0.5, 0.6) is 5.75 Å². The zero-order valence-electron chi connectivity index (χ0n) is 10.3. The van der Waals surface area contributed by atoms with Crippen molar-refractivity contribution in [2.75, 3.05) is 0 Å². The molecule has 1 aromatic heterocycles. The zero-order valence-corrected chi connectivity index (χ0v) is 10.3. The van der Waals surface area contributed by atoms with Gasteiger partial charge in [-0.1, -0.05) is 0 Å². The Morgan fingerprint density at radius 1 is 1.29 bits per heavy atom. The van der Waals surface area contributed by atoms with E-state index in [9.17, 15) is 23.5 Å². The van der Waals surface area contributed by atoms with E-state index in [0.717, 1.165) is 30.3 Å². The zero-order chi connectivity index (χ0) is 15.6. The predicted octanol–water partition coefficient (Wildman–Crippen LogP) is 1.31. The Kier molecular flexibility index (Phi) is 3.79. The molecule has 1 heterocycles. The van der Waals surface area contributed by atoms with Crippen LogP contribution in [-0.4, -0.2) is 26.0 Å². The molecule has 1 aromatic carbocycles. The van der Waals surface area contributed by atoms with Gasteiger partial charge in [0.05, 0.1) is 0 Å². The molecule has 0 radical (unpaired) electrons. The third kappa shape index (κ3) is 3.11. The van der Waals surface area contributed by atoms with Gasteiger partial charge in [-0.2, -0.15) is 9.78 Å². The Balaban J connectivity index is 2.64. The van der Waals surface area contributed by atoms with Crippen molar-refractivity contribution in [2.24, 2.45) is 0 Å². The van der Waals surface area contributed by atoms with Crippen LogP contribution in [0.2, 0.25) is 0 Å². The van der Waals surface area contributed by atoms with Crippen molar-refractivity contribution in [1.29, 1.82) is 0 Å². The molecule has 0 saturated carbocycles. The lowest BCUT2D eigenvalue weighted by molar-refractivity contribution is -0.131. The monoisotopic (exact) mass is 294 g/mol. The molecule has 0 bridgehead atoms. The number of nitrogens with zero attached hydrogens (tertiary/aromatic N) is 2. The number of aliphatic carboxylic acids is 1. The molecular formula is C13H8F2N2O4. The van der Waals surface area contributed by atoms with Crippen molar-refractivity contribution in [3.63, 3.8) is 0 Å². The van der Waals surface area contributed by atoms with Crippen LogP contribution in [0.25, 0.3) is 11.8 Å². The molecule has 0 unspecified atom stereocenters. The van der Waals surface area contributed by atoms with Gasteiger partial charge in [0.1, 0.15) is 28.8 Å². The van der Waals surface area contributed by atoms with Crippen molar-refractivity contribution < 1.29 is 23.8 Å². The smallest absolute Gasteiger partial charge is 0.328 e. The predicted molar refractivity (Wildman–Crippen MR) is 68.1 cm³/mol. The molecule has 0 amide bonds. The fourth-order valence-corrected chi connectivity index (χ4v) is 1.55. The van der Waals surface area contributed by atoms with Gasteiger partial charge in [-0.05, 0) is 18.2 Å². The van der Waals surface area contributed by atoms with E-state index >= 15 is 0 Å². The molecule has 0 atom stereocenters. The summed E-state index contributed by atoms with van der Waals surface area (Å²) in [5.41, 5.74) is -1.63.